The monoisotopic (exact) mass is 172 g/mol. The smallest absolute Gasteiger partial charge is 0.0573 e. The van der Waals surface area contributed by atoms with E-state index in [1.807, 2.05) is 0 Å². The molecule has 2 nitrogen and oxygen atoms in total. The van der Waals surface area contributed by atoms with Crippen molar-refractivity contribution in [2.75, 3.05) is 25.4 Å². The fourth-order valence-electron chi connectivity index (χ4n) is 1.89. The van der Waals surface area contributed by atoms with Gasteiger partial charge in [-0.2, -0.15) is 0 Å². The molecule has 64 valence electrons. The van der Waals surface area contributed by atoms with Crippen LogP contribution < -0.4 is 10.6 Å². The highest BCUT2D eigenvalue weighted by atomic mass is 32.2. The van der Waals surface area contributed by atoms with Crippen molar-refractivity contribution in [1.29, 1.82) is 0 Å². The number of hydrogen-bond donors (Lipinski definition) is 2. The van der Waals surface area contributed by atoms with Crippen LogP contribution in [0.5, 0.6) is 0 Å². The first-order chi connectivity index (χ1) is 5.47. The molecule has 2 unspecified atom stereocenters. The van der Waals surface area contributed by atoms with E-state index in [1.54, 1.807) is 0 Å². The van der Waals surface area contributed by atoms with Gasteiger partial charge in [-0.15, -0.1) is 11.8 Å². The molecule has 0 aromatic heterocycles. The molecule has 0 spiro atoms. The van der Waals surface area contributed by atoms with E-state index in [0.29, 0.717) is 0 Å². The van der Waals surface area contributed by atoms with Crippen molar-refractivity contribution in [1.82, 2.24) is 10.6 Å². The number of rotatable bonds is 1. The first kappa shape index (κ1) is 7.90. The highest BCUT2D eigenvalue weighted by Gasteiger charge is 2.25. The van der Waals surface area contributed by atoms with Crippen LogP contribution in [0.4, 0.5) is 0 Å². The lowest BCUT2D eigenvalue weighted by Crippen LogP contribution is -2.39. The van der Waals surface area contributed by atoms with Gasteiger partial charge < -0.3 is 10.6 Å². The lowest BCUT2D eigenvalue weighted by molar-refractivity contribution is 0.350. The fourth-order valence-corrected chi connectivity index (χ4v) is 3.12. The molecular weight excluding hydrogens is 156 g/mol. The summed E-state index contributed by atoms with van der Waals surface area (Å²) >= 11 is 2.10. The van der Waals surface area contributed by atoms with Gasteiger partial charge in [-0.3, -0.25) is 0 Å². The molecule has 2 saturated heterocycles. The lowest BCUT2D eigenvalue weighted by atomic mass is 9.99. The van der Waals surface area contributed by atoms with Gasteiger partial charge in [0, 0.05) is 18.8 Å². The van der Waals surface area contributed by atoms with E-state index >= 15 is 0 Å². The summed E-state index contributed by atoms with van der Waals surface area (Å²) in [5.41, 5.74) is 0. The lowest BCUT2D eigenvalue weighted by Gasteiger charge is -2.27. The first-order valence-electron chi connectivity index (χ1n) is 4.52. The molecule has 0 bridgehead atoms. The van der Waals surface area contributed by atoms with Crippen LogP contribution in [-0.2, 0) is 0 Å². The summed E-state index contributed by atoms with van der Waals surface area (Å²) in [5, 5.41) is 7.76. The van der Waals surface area contributed by atoms with Gasteiger partial charge in [-0.05, 0) is 25.3 Å². The van der Waals surface area contributed by atoms with Crippen LogP contribution in [0, 0.1) is 5.92 Å². The summed E-state index contributed by atoms with van der Waals surface area (Å²) in [6.07, 6.45) is 2.78. The van der Waals surface area contributed by atoms with Crippen molar-refractivity contribution in [3.63, 3.8) is 0 Å². The van der Waals surface area contributed by atoms with Crippen LogP contribution in [-0.4, -0.2) is 30.8 Å². The highest BCUT2D eigenvalue weighted by Crippen LogP contribution is 2.25. The summed E-state index contributed by atoms with van der Waals surface area (Å²) in [5.74, 6) is 2.19. The van der Waals surface area contributed by atoms with Gasteiger partial charge in [0.1, 0.15) is 0 Å². The van der Waals surface area contributed by atoms with E-state index in [4.69, 9.17) is 0 Å². The number of piperidine rings is 1. The molecule has 11 heavy (non-hydrogen) atoms. The molecule has 3 heteroatoms. The predicted octanol–water partition coefficient (Wildman–Crippen LogP) is 0.648. The Morgan fingerprint density at radius 2 is 2.27 bits per heavy atom. The Balaban J connectivity index is 1.82. The fraction of sp³-hybridized carbons (Fsp3) is 1.00. The summed E-state index contributed by atoms with van der Waals surface area (Å²) in [6, 6.07) is 0. The maximum Gasteiger partial charge on any atom is 0.0573 e. The van der Waals surface area contributed by atoms with Gasteiger partial charge in [-0.25, -0.2) is 0 Å². The van der Waals surface area contributed by atoms with Crippen molar-refractivity contribution in [2.24, 2.45) is 5.92 Å². The minimum absolute atomic E-state index is 0.753. The molecule has 2 fully saturated rings. The van der Waals surface area contributed by atoms with E-state index in [1.165, 1.54) is 38.2 Å². The molecule has 0 aliphatic carbocycles. The van der Waals surface area contributed by atoms with Gasteiger partial charge in [0.05, 0.1) is 5.37 Å². The van der Waals surface area contributed by atoms with Crippen LogP contribution in [0.1, 0.15) is 12.8 Å². The minimum Gasteiger partial charge on any atom is -0.316 e. The zero-order valence-corrected chi connectivity index (χ0v) is 7.62. The molecule has 2 aliphatic heterocycles. The van der Waals surface area contributed by atoms with Gasteiger partial charge in [0.25, 0.3) is 0 Å². The van der Waals surface area contributed by atoms with Crippen LogP contribution in [0.15, 0.2) is 0 Å². The second kappa shape index (κ2) is 3.78. The Morgan fingerprint density at radius 1 is 1.27 bits per heavy atom. The first-order valence-corrected chi connectivity index (χ1v) is 5.57. The zero-order chi connectivity index (χ0) is 7.52. The standard InChI is InChI=1S/C8H16N2S/c1-2-7(6-9-3-1)8-10-4-5-11-8/h7-10H,1-6H2. The Kier molecular flexibility index (Phi) is 2.72. The van der Waals surface area contributed by atoms with Gasteiger partial charge in [-0.1, -0.05) is 0 Å². The summed E-state index contributed by atoms with van der Waals surface area (Å²) in [6.45, 7) is 3.67. The Labute approximate surface area is 72.5 Å². The van der Waals surface area contributed by atoms with Crippen LogP contribution in [0.2, 0.25) is 0 Å². The molecule has 2 N–H and O–H groups in total. The maximum atomic E-state index is 3.55. The zero-order valence-electron chi connectivity index (χ0n) is 6.81. The number of hydrogen-bond acceptors (Lipinski definition) is 3. The van der Waals surface area contributed by atoms with E-state index in [9.17, 15) is 0 Å². The third kappa shape index (κ3) is 1.89. The predicted molar refractivity (Wildman–Crippen MR) is 49.8 cm³/mol. The highest BCUT2D eigenvalue weighted by molar-refractivity contribution is 8.00. The maximum absolute atomic E-state index is 3.55. The second-order valence-corrected chi connectivity index (χ2v) is 4.60. The van der Waals surface area contributed by atoms with Crippen molar-refractivity contribution < 1.29 is 0 Å². The minimum atomic E-state index is 0.753. The number of nitrogens with one attached hydrogen (secondary N) is 2. The summed E-state index contributed by atoms with van der Waals surface area (Å²) < 4.78 is 0. The van der Waals surface area contributed by atoms with Crippen molar-refractivity contribution in [2.45, 2.75) is 18.2 Å². The molecular formula is C8H16N2S. The third-order valence-electron chi connectivity index (χ3n) is 2.51. The molecule has 0 radical (unpaired) electrons. The molecule has 0 aromatic rings. The molecule has 0 saturated carbocycles. The normalized spacial score (nSPS) is 39.3. The van der Waals surface area contributed by atoms with E-state index in [0.717, 1.165) is 11.3 Å². The second-order valence-electron chi connectivity index (χ2n) is 3.35. The largest absolute Gasteiger partial charge is 0.316 e. The van der Waals surface area contributed by atoms with Gasteiger partial charge in [0.2, 0.25) is 0 Å². The van der Waals surface area contributed by atoms with E-state index in [-0.39, 0.29) is 0 Å². The Morgan fingerprint density at radius 3 is 2.91 bits per heavy atom. The average molecular weight is 172 g/mol. The van der Waals surface area contributed by atoms with Crippen molar-refractivity contribution >= 4 is 11.8 Å². The molecule has 2 atom stereocenters. The summed E-state index contributed by atoms with van der Waals surface area (Å²) in [4.78, 5) is 0. The molecule has 0 amide bonds. The van der Waals surface area contributed by atoms with Crippen molar-refractivity contribution in [3.05, 3.63) is 0 Å². The van der Waals surface area contributed by atoms with Gasteiger partial charge >= 0.3 is 0 Å². The van der Waals surface area contributed by atoms with Crippen LogP contribution in [0.3, 0.4) is 0 Å². The van der Waals surface area contributed by atoms with Crippen molar-refractivity contribution in [3.8, 4) is 0 Å². The SMILES string of the molecule is C1CNCC(C2NCCS2)C1. The Bertz CT molecular complexity index is 117. The molecule has 2 heterocycles. The summed E-state index contributed by atoms with van der Waals surface area (Å²) in [7, 11) is 0. The third-order valence-corrected chi connectivity index (χ3v) is 3.86. The quantitative estimate of drug-likeness (QED) is 0.607. The molecule has 2 aliphatic rings. The van der Waals surface area contributed by atoms with Gasteiger partial charge in [0.15, 0.2) is 0 Å². The van der Waals surface area contributed by atoms with E-state index in [2.05, 4.69) is 22.4 Å². The average Bonchev–Trinajstić information content (AvgIpc) is 2.58. The molecule has 0 aromatic carbocycles. The van der Waals surface area contributed by atoms with E-state index < -0.39 is 0 Å². The van der Waals surface area contributed by atoms with Crippen LogP contribution >= 0.6 is 11.8 Å². The van der Waals surface area contributed by atoms with Crippen LogP contribution in [0.25, 0.3) is 0 Å². The Hall–Kier alpha value is 0.270. The molecule has 2 rings (SSSR count). The number of thioether (sulfide) groups is 1. The topological polar surface area (TPSA) is 24.1 Å².